The van der Waals surface area contributed by atoms with Crippen molar-refractivity contribution in [1.82, 2.24) is 0 Å². The molecule has 1 nitrogen and oxygen atoms in total. The maximum Gasteiger partial charge on any atom is 0.127 e. The molecule has 88 valence electrons. The lowest BCUT2D eigenvalue weighted by Crippen LogP contribution is -2.41. The van der Waals surface area contributed by atoms with Crippen molar-refractivity contribution in [2.45, 2.75) is 52.4 Å². The van der Waals surface area contributed by atoms with Gasteiger partial charge < -0.3 is 4.79 Å². The highest BCUT2D eigenvalue weighted by Crippen LogP contribution is 2.58. The predicted octanol–water partition coefficient (Wildman–Crippen LogP) is 4.05. The standard InChI is InChI=1S/C15H22O/c1-12-6-9-15(11-16,10-7-12)14(3)8-4-5-13(14)2/h6,11H,2,4-5,7-10H2,1,3H3. The van der Waals surface area contributed by atoms with E-state index in [0.717, 1.165) is 32.1 Å². The molecule has 2 atom stereocenters. The first-order valence-electron chi connectivity index (χ1n) is 6.34. The monoisotopic (exact) mass is 218 g/mol. The van der Waals surface area contributed by atoms with Crippen LogP contribution in [0.5, 0.6) is 0 Å². The summed E-state index contributed by atoms with van der Waals surface area (Å²) in [6.07, 6.45) is 9.93. The lowest BCUT2D eigenvalue weighted by atomic mass is 9.57. The molecule has 1 heteroatoms. The minimum atomic E-state index is -0.167. The summed E-state index contributed by atoms with van der Waals surface area (Å²) in [5.41, 5.74) is 2.61. The smallest absolute Gasteiger partial charge is 0.127 e. The Bertz CT molecular complexity index is 352. The zero-order chi connectivity index (χ0) is 11.8. The first kappa shape index (κ1) is 11.6. The first-order valence-corrected chi connectivity index (χ1v) is 6.34. The van der Waals surface area contributed by atoms with Crippen LogP contribution in [-0.4, -0.2) is 6.29 Å². The molecule has 1 fully saturated rings. The van der Waals surface area contributed by atoms with Crippen LogP contribution in [0, 0.1) is 10.8 Å². The summed E-state index contributed by atoms with van der Waals surface area (Å²) < 4.78 is 0. The summed E-state index contributed by atoms with van der Waals surface area (Å²) in [5, 5.41) is 0. The van der Waals surface area contributed by atoms with Crippen molar-refractivity contribution >= 4 is 6.29 Å². The predicted molar refractivity (Wildman–Crippen MR) is 67.2 cm³/mol. The second-order valence-electron chi connectivity index (χ2n) is 5.82. The number of aldehydes is 1. The fourth-order valence-corrected chi connectivity index (χ4v) is 3.43. The van der Waals surface area contributed by atoms with Gasteiger partial charge in [0, 0.05) is 10.8 Å². The van der Waals surface area contributed by atoms with Gasteiger partial charge in [-0.25, -0.2) is 0 Å². The molecule has 0 aromatic rings. The highest BCUT2D eigenvalue weighted by atomic mass is 16.1. The van der Waals surface area contributed by atoms with Crippen LogP contribution in [0.1, 0.15) is 52.4 Å². The van der Waals surface area contributed by atoms with Crippen LogP contribution in [0.3, 0.4) is 0 Å². The molecule has 0 aliphatic heterocycles. The van der Waals surface area contributed by atoms with Crippen LogP contribution in [0.25, 0.3) is 0 Å². The molecule has 0 spiro atoms. The summed E-state index contributed by atoms with van der Waals surface area (Å²) in [6.45, 7) is 8.64. The van der Waals surface area contributed by atoms with E-state index >= 15 is 0 Å². The van der Waals surface area contributed by atoms with Gasteiger partial charge in [-0.1, -0.05) is 30.7 Å². The molecule has 0 N–H and O–H groups in total. The molecular weight excluding hydrogens is 196 g/mol. The van der Waals surface area contributed by atoms with Crippen LogP contribution in [0.2, 0.25) is 0 Å². The van der Waals surface area contributed by atoms with Crippen molar-refractivity contribution in [3.05, 3.63) is 23.8 Å². The largest absolute Gasteiger partial charge is 0.303 e. The second-order valence-corrected chi connectivity index (χ2v) is 5.82. The number of allylic oxidation sites excluding steroid dienone is 3. The van der Waals surface area contributed by atoms with Gasteiger partial charge in [0.25, 0.3) is 0 Å². The third kappa shape index (κ3) is 1.49. The van der Waals surface area contributed by atoms with Gasteiger partial charge in [-0.3, -0.25) is 0 Å². The van der Waals surface area contributed by atoms with Crippen molar-refractivity contribution in [2.75, 3.05) is 0 Å². The molecule has 0 bridgehead atoms. The van der Waals surface area contributed by atoms with E-state index in [1.165, 1.54) is 23.9 Å². The zero-order valence-electron chi connectivity index (χ0n) is 10.5. The van der Waals surface area contributed by atoms with Crippen LogP contribution in [0.15, 0.2) is 23.8 Å². The third-order valence-electron chi connectivity index (χ3n) is 5.04. The van der Waals surface area contributed by atoms with Gasteiger partial charge in [0.15, 0.2) is 0 Å². The zero-order valence-corrected chi connectivity index (χ0v) is 10.5. The van der Waals surface area contributed by atoms with Gasteiger partial charge in [-0.05, 0) is 45.4 Å². The Morgan fingerprint density at radius 3 is 2.56 bits per heavy atom. The van der Waals surface area contributed by atoms with Crippen LogP contribution in [0.4, 0.5) is 0 Å². The first-order chi connectivity index (χ1) is 7.54. The quantitative estimate of drug-likeness (QED) is 0.505. The van der Waals surface area contributed by atoms with Gasteiger partial charge in [0.1, 0.15) is 6.29 Å². The van der Waals surface area contributed by atoms with E-state index in [9.17, 15) is 4.79 Å². The van der Waals surface area contributed by atoms with Gasteiger partial charge in [-0.15, -0.1) is 0 Å². The van der Waals surface area contributed by atoms with Crippen molar-refractivity contribution in [3.8, 4) is 0 Å². The molecule has 2 aliphatic rings. The molecule has 0 aromatic carbocycles. The Balaban J connectivity index is 2.35. The summed E-state index contributed by atoms with van der Waals surface area (Å²) in [5.74, 6) is 0. The summed E-state index contributed by atoms with van der Waals surface area (Å²) in [6, 6.07) is 0. The highest BCUT2D eigenvalue weighted by molar-refractivity contribution is 5.64. The van der Waals surface area contributed by atoms with E-state index in [1.807, 2.05) is 0 Å². The maximum absolute atomic E-state index is 11.7. The number of hydrogen-bond donors (Lipinski definition) is 0. The Morgan fingerprint density at radius 1 is 1.38 bits per heavy atom. The van der Waals surface area contributed by atoms with Crippen molar-refractivity contribution < 1.29 is 4.79 Å². The minimum Gasteiger partial charge on any atom is -0.303 e. The number of carbonyl (C=O) groups is 1. The molecule has 0 radical (unpaired) electrons. The summed E-state index contributed by atoms with van der Waals surface area (Å²) in [7, 11) is 0. The number of rotatable bonds is 2. The van der Waals surface area contributed by atoms with Gasteiger partial charge in [0.2, 0.25) is 0 Å². The van der Waals surface area contributed by atoms with Crippen LogP contribution in [-0.2, 0) is 4.79 Å². The Hall–Kier alpha value is -0.850. The van der Waals surface area contributed by atoms with E-state index in [4.69, 9.17) is 0 Å². The molecule has 0 heterocycles. The van der Waals surface area contributed by atoms with Gasteiger partial charge in [-0.2, -0.15) is 0 Å². The van der Waals surface area contributed by atoms with Crippen molar-refractivity contribution in [1.29, 1.82) is 0 Å². The fraction of sp³-hybridized carbons (Fsp3) is 0.667. The topological polar surface area (TPSA) is 17.1 Å². The molecule has 0 amide bonds. The van der Waals surface area contributed by atoms with Gasteiger partial charge in [0.05, 0.1) is 0 Å². The van der Waals surface area contributed by atoms with E-state index in [0.29, 0.717) is 0 Å². The van der Waals surface area contributed by atoms with E-state index in [2.05, 4.69) is 26.5 Å². The molecule has 2 unspecified atom stereocenters. The average Bonchev–Trinajstić information content (AvgIpc) is 2.62. The molecule has 2 aliphatic carbocycles. The SMILES string of the molecule is C=C1CCCC1(C)C1(C=O)CC=C(C)CC1. The van der Waals surface area contributed by atoms with Crippen LogP contribution >= 0.6 is 0 Å². The highest BCUT2D eigenvalue weighted by Gasteiger charge is 2.51. The van der Waals surface area contributed by atoms with Crippen LogP contribution < -0.4 is 0 Å². The van der Waals surface area contributed by atoms with E-state index in [-0.39, 0.29) is 10.8 Å². The second kappa shape index (κ2) is 3.87. The van der Waals surface area contributed by atoms with Crippen molar-refractivity contribution in [3.63, 3.8) is 0 Å². The average molecular weight is 218 g/mol. The molecule has 1 saturated carbocycles. The lowest BCUT2D eigenvalue weighted by Gasteiger charge is -2.45. The molecule has 2 rings (SSSR count). The summed E-state index contributed by atoms with van der Waals surface area (Å²) >= 11 is 0. The molecular formula is C15H22O. The fourth-order valence-electron chi connectivity index (χ4n) is 3.43. The Morgan fingerprint density at radius 2 is 2.12 bits per heavy atom. The molecule has 16 heavy (non-hydrogen) atoms. The number of carbonyl (C=O) groups excluding carboxylic acids is 1. The molecule has 0 saturated heterocycles. The minimum absolute atomic E-state index is 0.0476. The van der Waals surface area contributed by atoms with E-state index < -0.39 is 0 Å². The van der Waals surface area contributed by atoms with Gasteiger partial charge >= 0.3 is 0 Å². The number of hydrogen-bond acceptors (Lipinski definition) is 1. The summed E-state index contributed by atoms with van der Waals surface area (Å²) in [4.78, 5) is 11.7. The Kier molecular flexibility index (Phi) is 2.81. The van der Waals surface area contributed by atoms with E-state index in [1.54, 1.807) is 0 Å². The molecule has 0 aromatic heterocycles. The lowest BCUT2D eigenvalue weighted by molar-refractivity contribution is -0.122. The third-order valence-corrected chi connectivity index (χ3v) is 5.04. The Labute approximate surface area is 98.6 Å². The normalized spacial score (nSPS) is 39.6. The van der Waals surface area contributed by atoms with Crippen molar-refractivity contribution in [2.24, 2.45) is 10.8 Å². The maximum atomic E-state index is 11.7.